The largest absolute Gasteiger partial charge is 0.338 e. The summed E-state index contributed by atoms with van der Waals surface area (Å²) in [5.41, 5.74) is 2.87. The van der Waals surface area contributed by atoms with Crippen molar-refractivity contribution in [3.05, 3.63) is 47.8 Å². The zero-order valence-corrected chi connectivity index (χ0v) is 13.9. The van der Waals surface area contributed by atoms with Crippen molar-refractivity contribution in [2.45, 2.75) is 6.92 Å². The lowest BCUT2D eigenvalue weighted by molar-refractivity contribution is 0.0781. The molecule has 4 rings (SSSR count). The third kappa shape index (κ3) is 2.99. The highest BCUT2D eigenvalue weighted by atomic mass is 35.5. The summed E-state index contributed by atoms with van der Waals surface area (Å²) in [6.07, 6.45) is 3.81. The Hall–Kier alpha value is -1.85. The van der Waals surface area contributed by atoms with Crippen LogP contribution in [0, 0.1) is 18.8 Å². The number of benzene rings is 1. The maximum atomic E-state index is 12.6. The van der Waals surface area contributed by atoms with Crippen LogP contribution in [0.4, 0.5) is 0 Å². The summed E-state index contributed by atoms with van der Waals surface area (Å²) in [7, 11) is 0. The number of carbonyl (C=O) groups excluding carboxylic acids is 1. The highest BCUT2D eigenvalue weighted by molar-refractivity contribution is 5.94. The molecule has 0 radical (unpaired) electrons. The Bertz CT molecular complexity index is 685. The van der Waals surface area contributed by atoms with E-state index in [0.29, 0.717) is 11.8 Å². The maximum Gasteiger partial charge on any atom is 0.253 e. The Kier molecular flexibility index (Phi) is 4.41. The molecule has 0 unspecified atom stereocenters. The Labute approximate surface area is 142 Å². The van der Waals surface area contributed by atoms with E-state index in [-0.39, 0.29) is 18.3 Å². The first-order valence-electron chi connectivity index (χ1n) is 7.82. The van der Waals surface area contributed by atoms with Crippen molar-refractivity contribution < 1.29 is 4.79 Å². The molecule has 1 aromatic carbocycles. The average molecular weight is 333 g/mol. The van der Waals surface area contributed by atoms with Crippen molar-refractivity contribution in [1.82, 2.24) is 20.0 Å². The number of rotatable bonds is 2. The third-order valence-corrected chi connectivity index (χ3v) is 4.77. The van der Waals surface area contributed by atoms with E-state index in [1.165, 1.54) is 0 Å². The van der Waals surface area contributed by atoms with Crippen LogP contribution in [0.2, 0.25) is 0 Å². The lowest BCUT2D eigenvalue weighted by Gasteiger charge is -2.17. The second-order valence-electron chi connectivity index (χ2n) is 6.40. The smallest absolute Gasteiger partial charge is 0.253 e. The fourth-order valence-electron chi connectivity index (χ4n) is 3.51. The van der Waals surface area contributed by atoms with Gasteiger partial charge in [-0.15, -0.1) is 12.4 Å². The van der Waals surface area contributed by atoms with Crippen LogP contribution in [-0.2, 0) is 0 Å². The summed E-state index contributed by atoms with van der Waals surface area (Å²) >= 11 is 0. The van der Waals surface area contributed by atoms with E-state index in [1.54, 1.807) is 0 Å². The molecule has 1 N–H and O–H groups in total. The molecule has 2 aliphatic rings. The number of aryl methyl sites for hydroxylation is 1. The lowest BCUT2D eigenvalue weighted by atomic mass is 10.0. The van der Waals surface area contributed by atoms with Crippen LogP contribution in [-0.4, -0.2) is 46.8 Å². The summed E-state index contributed by atoms with van der Waals surface area (Å²) in [5, 5.41) is 7.69. The van der Waals surface area contributed by atoms with Crippen molar-refractivity contribution in [2.75, 3.05) is 26.2 Å². The van der Waals surface area contributed by atoms with Crippen LogP contribution in [0.25, 0.3) is 5.69 Å². The number of hydrogen-bond donors (Lipinski definition) is 1. The Balaban J connectivity index is 0.00000156. The summed E-state index contributed by atoms with van der Waals surface area (Å²) < 4.78 is 1.83. The molecule has 6 heteroatoms. The molecular formula is C17H21ClN4O. The average Bonchev–Trinajstić information content (AvgIpc) is 3.22. The zero-order chi connectivity index (χ0) is 15.1. The molecule has 1 aromatic heterocycles. The van der Waals surface area contributed by atoms with Gasteiger partial charge in [0.25, 0.3) is 5.91 Å². The van der Waals surface area contributed by atoms with Crippen LogP contribution in [0.3, 0.4) is 0 Å². The first kappa shape index (κ1) is 16.0. The van der Waals surface area contributed by atoms with Gasteiger partial charge in [-0.2, -0.15) is 5.10 Å². The van der Waals surface area contributed by atoms with E-state index in [0.717, 1.165) is 43.0 Å². The van der Waals surface area contributed by atoms with E-state index in [2.05, 4.69) is 10.4 Å². The van der Waals surface area contributed by atoms with E-state index in [4.69, 9.17) is 0 Å². The molecule has 0 spiro atoms. The van der Waals surface area contributed by atoms with Crippen LogP contribution in [0.1, 0.15) is 15.9 Å². The number of hydrogen-bond acceptors (Lipinski definition) is 3. The van der Waals surface area contributed by atoms with Crippen molar-refractivity contribution in [3.63, 3.8) is 0 Å². The van der Waals surface area contributed by atoms with Gasteiger partial charge >= 0.3 is 0 Å². The van der Waals surface area contributed by atoms with Gasteiger partial charge in [-0.25, -0.2) is 4.68 Å². The monoisotopic (exact) mass is 332 g/mol. The number of nitrogens with one attached hydrogen (secondary N) is 1. The predicted octanol–water partition coefficient (Wildman–Crippen LogP) is 1.89. The molecule has 0 saturated carbocycles. The van der Waals surface area contributed by atoms with E-state index < -0.39 is 0 Å². The Morgan fingerprint density at radius 2 is 1.83 bits per heavy atom. The normalized spacial score (nSPS) is 22.7. The van der Waals surface area contributed by atoms with Gasteiger partial charge in [0, 0.05) is 37.9 Å². The molecule has 2 fully saturated rings. The molecule has 23 heavy (non-hydrogen) atoms. The minimum atomic E-state index is 0. The van der Waals surface area contributed by atoms with Gasteiger partial charge in [-0.1, -0.05) is 0 Å². The van der Waals surface area contributed by atoms with E-state index in [9.17, 15) is 4.79 Å². The molecule has 1 amide bonds. The second kappa shape index (κ2) is 6.34. The molecule has 0 aliphatic carbocycles. The highest BCUT2D eigenvalue weighted by Gasteiger charge is 2.38. The SMILES string of the molecule is Cc1cnn(-c2ccc(C(=O)N3C[C@H]4CNC[C@H]4C3)cc2)c1.Cl. The maximum absolute atomic E-state index is 12.6. The van der Waals surface area contributed by atoms with Crippen molar-refractivity contribution >= 4 is 18.3 Å². The van der Waals surface area contributed by atoms with Crippen LogP contribution in [0.5, 0.6) is 0 Å². The number of halogens is 1. The fraction of sp³-hybridized carbons (Fsp3) is 0.412. The molecule has 2 aliphatic heterocycles. The topological polar surface area (TPSA) is 50.2 Å². The minimum Gasteiger partial charge on any atom is -0.338 e. The molecule has 2 aromatic rings. The first-order chi connectivity index (χ1) is 10.7. The summed E-state index contributed by atoms with van der Waals surface area (Å²) in [5.74, 6) is 1.42. The first-order valence-corrected chi connectivity index (χ1v) is 7.82. The van der Waals surface area contributed by atoms with E-state index in [1.807, 2.05) is 53.2 Å². The van der Waals surface area contributed by atoms with Crippen LogP contribution in [0.15, 0.2) is 36.7 Å². The number of aromatic nitrogens is 2. The van der Waals surface area contributed by atoms with E-state index >= 15 is 0 Å². The summed E-state index contributed by atoms with van der Waals surface area (Å²) in [6.45, 7) is 5.88. The van der Waals surface area contributed by atoms with Gasteiger partial charge in [0.2, 0.25) is 0 Å². The van der Waals surface area contributed by atoms with Crippen LogP contribution < -0.4 is 5.32 Å². The van der Waals surface area contributed by atoms with Crippen molar-refractivity contribution in [2.24, 2.45) is 11.8 Å². The van der Waals surface area contributed by atoms with Crippen LogP contribution >= 0.6 is 12.4 Å². The third-order valence-electron chi connectivity index (χ3n) is 4.77. The Morgan fingerprint density at radius 1 is 1.17 bits per heavy atom. The van der Waals surface area contributed by atoms with Gasteiger partial charge in [-0.05, 0) is 48.6 Å². The zero-order valence-electron chi connectivity index (χ0n) is 13.1. The quantitative estimate of drug-likeness (QED) is 0.913. The van der Waals surface area contributed by atoms with Gasteiger partial charge in [-0.3, -0.25) is 4.79 Å². The number of fused-ring (bicyclic) bond motifs is 1. The lowest BCUT2D eigenvalue weighted by Crippen LogP contribution is -2.31. The number of nitrogens with zero attached hydrogens (tertiary/aromatic N) is 3. The number of carbonyl (C=O) groups is 1. The number of likely N-dealkylation sites (tertiary alicyclic amines) is 1. The van der Waals surface area contributed by atoms with Gasteiger partial charge in [0.15, 0.2) is 0 Å². The second-order valence-corrected chi connectivity index (χ2v) is 6.40. The summed E-state index contributed by atoms with van der Waals surface area (Å²) in [6, 6.07) is 7.72. The van der Waals surface area contributed by atoms with Gasteiger partial charge in [0.05, 0.1) is 11.9 Å². The molecule has 2 atom stereocenters. The van der Waals surface area contributed by atoms with Crippen molar-refractivity contribution in [3.8, 4) is 5.69 Å². The number of amides is 1. The standard InChI is InChI=1S/C17H20N4O.ClH/c1-12-6-19-21(9-12)16-4-2-13(3-5-16)17(22)20-10-14-7-18-8-15(14)11-20;/h2-6,9,14-15,18H,7-8,10-11H2,1H3;1H/t14-,15+;. The van der Waals surface area contributed by atoms with Crippen molar-refractivity contribution in [1.29, 1.82) is 0 Å². The molecular weight excluding hydrogens is 312 g/mol. The molecule has 0 bridgehead atoms. The minimum absolute atomic E-state index is 0. The summed E-state index contributed by atoms with van der Waals surface area (Å²) in [4.78, 5) is 14.6. The van der Waals surface area contributed by atoms with Gasteiger partial charge in [0.1, 0.15) is 0 Å². The molecule has 2 saturated heterocycles. The molecule has 5 nitrogen and oxygen atoms in total. The fourth-order valence-corrected chi connectivity index (χ4v) is 3.51. The van der Waals surface area contributed by atoms with Gasteiger partial charge < -0.3 is 10.2 Å². The Morgan fingerprint density at radius 3 is 2.39 bits per heavy atom. The highest BCUT2D eigenvalue weighted by Crippen LogP contribution is 2.27. The predicted molar refractivity (Wildman–Crippen MR) is 91.3 cm³/mol. The molecule has 122 valence electrons. The molecule has 3 heterocycles.